The second-order valence-electron chi connectivity index (χ2n) is 14.2. The Hall–Kier alpha value is -4.46. The maximum atomic E-state index is 12.6. The Morgan fingerprint density at radius 2 is 1.72 bits per heavy atom. The first-order valence-corrected chi connectivity index (χ1v) is 17.3. The highest BCUT2D eigenvalue weighted by atomic mass is 16.4. The van der Waals surface area contributed by atoms with Crippen LogP contribution in [-0.2, 0) is 29.6 Å². The lowest BCUT2D eigenvalue weighted by Crippen LogP contribution is -2.38. The van der Waals surface area contributed by atoms with Gasteiger partial charge in [-0.1, -0.05) is 70.2 Å². The number of hydrogen-bond acceptors (Lipinski definition) is 5. The minimum Gasteiger partial charge on any atom is -0.478 e. The van der Waals surface area contributed by atoms with E-state index >= 15 is 0 Å². The summed E-state index contributed by atoms with van der Waals surface area (Å²) in [5.74, 6) is 0.819. The Morgan fingerprint density at radius 3 is 2.43 bits per heavy atom. The fourth-order valence-corrected chi connectivity index (χ4v) is 7.88. The summed E-state index contributed by atoms with van der Waals surface area (Å²) in [4.78, 5) is 34.0. The zero-order valence-corrected chi connectivity index (χ0v) is 28.0. The predicted octanol–water partition coefficient (Wildman–Crippen LogP) is 7.17. The maximum absolute atomic E-state index is 12.6. The fraction of sp³-hybridized carbons (Fsp3) is 0.436. The van der Waals surface area contributed by atoms with Gasteiger partial charge in [-0.25, -0.2) is 14.5 Å². The first-order chi connectivity index (χ1) is 22.7. The van der Waals surface area contributed by atoms with Crippen molar-refractivity contribution >= 4 is 17.6 Å². The molecule has 0 bridgehead atoms. The number of fused-ring (bicyclic) bond motifs is 1. The molecule has 0 radical (unpaired) electrons. The van der Waals surface area contributed by atoms with Crippen molar-refractivity contribution < 1.29 is 14.7 Å². The second-order valence-corrected chi connectivity index (χ2v) is 14.2. The van der Waals surface area contributed by atoms with Gasteiger partial charge in [0.15, 0.2) is 5.82 Å². The summed E-state index contributed by atoms with van der Waals surface area (Å²) in [5.41, 5.74) is 9.41. The Labute approximate surface area is 277 Å². The number of hydrogen-bond donors (Lipinski definition) is 1. The van der Waals surface area contributed by atoms with Gasteiger partial charge in [-0.15, -0.1) is 0 Å². The standard InChI is InChI=1S/C39H45N5O3/c1-5-26-21-25(13-16-29(26)27-17-19-42(20-18-27)37(45)28-14-15-28)23-43-24-39(3,4)32-10-7-9-30(36(32)43)33-11-8-12-35(41-33)44-34(6-2)31(22-40-44)38(46)47/h7-13,16,21-22,27-28H,5-6,14-15,17-20,23-24H2,1-4H3,(H,46,47). The molecule has 0 atom stereocenters. The van der Waals surface area contributed by atoms with Gasteiger partial charge in [-0.3, -0.25) is 4.79 Å². The van der Waals surface area contributed by atoms with Crippen LogP contribution in [0.1, 0.15) is 97.6 Å². The Balaban J connectivity index is 1.17. The first kappa shape index (κ1) is 31.2. The third-order valence-electron chi connectivity index (χ3n) is 10.5. The van der Waals surface area contributed by atoms with Gasteiger partial charge in [0.1, 0.15) is 5.56 Å². The number of anilines is 1. The van der Waals surface area contributed by atoms with Gasteiger partial charge in [-0.2, -0.15) is 5.10 Å². The van der Waals surface area contributed by atoms with Crippen LogP contribution in [0.25, 0.3) is 17.1 Å². The molecular weight excluding hydrogens is 586 g/mol. The Bertz CT molecular complexity index is 1830. The topological polar surface area (TPSA) is 91.6 Å². The van der Waals surface area contributed by atoms with Crippen molar-refractivity contribution in [3.8, 4) is 17.1 Å². The number of nitrogens with zero attached hydrogens (tertiary/aromatic N) is 5. The van der Waals surface area contributed by atoms with E-state index in [0.29, 0.717) is 35.7 Å². The number of carboxylic acid groups (broad SMARTS) is 1. The molecule has 4 aromatic rings. The van der Waals surface area contributed by atoms with Crippen molar-refractivity contribution in [2.45, 2.75) is 84.1 Å². The Morgan fingerprint density at radius 1 is 0.957 bits per heavy atom. The van der Waals surface area contributed by atoms with Crippen molar-refractivity contribution in [2.75, 3.05) is 24.5 Å². The summed E-state index contributed by atoms with van der Waals surface area (Å²) in [6.45, 7) is 12.3. The van der Waals surface area contributed by atoms with Crippen molar-refractivity contribution in [3.05, 3.63) is 94.3 Å². The van der Waals surface area contributed by atoms with E-state index in [0.717, 1.165) is 69.5 Å². The minimum absolute atomic E-state index is 0.0316. The average molecular weight is 632 g/mol. The molecule has 1 aliphatic carbocycles. The summed E-state index contributed by atoms with van der Waals surface area (Å²) in [7, 11) is 0. The van der Waals surface area contributed by atoms with Crippen molar-refractivity contribution in [1.29, 1.82) is 0 Å². The van der Waals surface area contributed by atoms with Gasteiger partial charge in [0.05, 0.1) is 23.3 Å². The summed E-state index contributed by atoms with van der Waals surface area (Å²) >= 11 is 0. The highest BCUT2D eigenvalue weighted by Gasteiger charge is 2.38. The monoisotopic (exact) mass is 631 g/mol. The number of pyridine rings is 1. The number of rotatable bonds is 9. The van der Waals surface area contributed by atoms with E-state index in [4.69, 9.17) is 4.98 Å². The molecule has 2 aromatic carbocycles. The average Bonchev–Trinajstić information content (AvgIpc) is 3.78. The van der Waals surface area contributed by atoms with Crippen LogP contribution in [0, 0.1) is 5.92 Å². The molecule has 0 unspecified atom stereocenters. The molecule has 8 heteroatoms. The van der Waals surface area contributed by atoms with Crippen LogP contribution >= 0.6 is 0 Å². The molecule has 7 rings (SSSR count). The Kier molecular flexibility index (Phi) is 8.14. The number of carbonyl (C=O) groups is 2. The van der Waals surface area contributed by atoms with E-state index in [-0.39, 0.29) is 11.0 Å². The quantitative estimate of drug-likeness (QED) is 0.211. The minimum atomic E-state index is -0.979. The number of carbonyl (C=O) groups excluding carboxylic acids is 1. The van der Waals surface area contributed by atoms with Crippen LogP contribution in [0.5, 0.6) is 0 Å². The molecule has 4 heterocycles. The van der Waals surface area contributed by atoms with Gasteiger partial charge < -0.3 is 14.9 Å². The lowest BCUT2D eigenvalue weighted by molar-refractivity contribution is -0.133. The normalized spacial score (nSPS) is 17.6. The van der Waals surface area contributed by atoms with E-state index in [2.05, 4.69) is 72.1 Å². The number of piperidine rings is 1. The van der Waals surface area contributed by atoms with Crippen LogP contribution in [0.3, 0.4) is 0 Å². The summed E-state index contributed by atoms with van der Waals surface area (Å²) in [6.07, 6.45) is 7.18. The highest BCUT2D eigenvalue weighted by Crippen LogP contribution is 2.46. The molecule has 1 amide bonds. The van der Waals surface area contributed by atoms with Crippen LogP contribution in [0.4, 0.5) is 5.69 Å². The SMILES string of the molecule is CCc1cc(CN2CC(C)(C)c3cccc(-c4cccc(-n5ncc(C(=O)O)c5CC)n4)c32)ccc1C1CCN(C(=O)C2CC2)CC1. The second kappa shape index (κ2) is 12.3. The van der Waals surface area contributed by atoms with E-state index in [1.807, 2.05) is 25.1 Å². The smallest absolute Gasteiger partial charge is 0.339 e. The molecule has 1 saturated heterocycles. The zero-order valence-electron chi connectivity index (χ0n) is 28.0. The number of aromatic nitrogens is 3. The van der Waals surface area contributed by atoms with Gasteiger partial charge >= 0.3 is 5.97 Å². The van der Waals surface area contributed by atoms with Crippen molar-refractivity contribution in [2.24, 2.45) is 5.92 Å². The van der Waals surface area contributed by atoms with Crippen LogP contribution in [0.2, 0.25) is 0 Å². The molecule has 47 heavy (non-hydrogen) atoms. The van der Waals surface area contributed by atoms with E-state index < -0.39 is 5.97 Å². The predicted molar refractivity (Wildman–Crippen MR) is 184 cm³/mol. The van der Waals surface area contributed by atoms with Crippen molar-refractivity contribution in [3.63, 3.8) is 0 Å². The molecule has 0 spiro atoms. The number of likely N-dealkylation sites (tertiary alicyclic amines) is 1. The maximum Gasteiger partial charge on any atom is 0.339 e. The van der Waals surface area contributed by atoms with E-state index in [1.165, 1.54) is 34.1 Å². The van der Waals surface area contributed by atoms with Crippen LogP contribution in [-0.4, -0.2) is 56.3 Å². The fourth-order valence-electron chi connectivity index (χ4n) is 7.88. The van der Waals surface area contributed by atoms with Gasteiger partial charge in [0.2, 0.25) is 5.91 Å². The molecular formula is C39H45N5O3. The number of aryl methyl sites for hydroxylation is 1. The molecule has 2 aromatic heterocycles. The number of carboxylic acids is 1. The third-order valence-corrected chi connectivity index (χ3v) is 10.5. The van der Waals surface area contributed by atoms with Crippen molar-refractivity contribution in [1.82, 2.24) is 19.7 Å². The summed E-state index contributed by atoms with van der Waals surface area (Å²) in [5, 5.41) is 14.1. The van der Waals surface area contributed by atoms with Gasteiger partial charge in [0.25, 0.3) is 0 Å². The number of amides is 1. The molecule has 1 saturated carbocycles. The lowest BCUT2D eigenvalue weighted by Gasteiger charge is -2.33. The van der Waals surface area contributed by atoms with Gasteiger partial charge in [0, 0.05) is 43.1 Å². The molecule has 2 aliphatic heterocycles. The summed E-state index contributed by atoms with van der Waals surface area (Å²) < 4.78 is 1.65. The number of para-hydroxylation sites is 1. The lowest BCUT2D eigenvalue weighted by atomic mass is 9.85. The third kappa shape index (κ3) is 5.83. The molecule has 244 valence electrons. The van der Waals surface area contributed by atoms with E-state index in [1.54, 1.807) is 4.68 Å². The number of aromatic carboxylic acids is 1. The number of benzene rings is 2. The molecule has 8 nitrogen and oxygen atoms in total. The van der Waals surface area contributed by atoms with Crippen LogP contribution in [0.15, 0.2) is 60.8 Å². The zero-order chi connectivity index (χ0) is 32.9. The molecule has 1 N–H and O–H groups in total. The van der Waals surface area contributed by atoms with Gasteiger partial charge in [-0.05, 0) is 78.8 Å². The molecule has 3 aliphatic rings. The molecule has 2 fully saturated rings. The first-order valence-electron chi connectivity index (χ1n) is 17.3. The van der Waals surface area contributed by atoms with E-state index in [9.17, 15) is 14.7 Å². The highest BCUT2D eigenvalue weighted by molar-refractivity contribution is 5.89. The summed E-state index contributed by atoms with van der Waals surface area (Å²) in [6, 6.07) is 19.5. The largest absolute Gasteiger partial charge is 0.478 e. The van der Waals surface area contributed by atoms with Crippen LogP contribution < -0.4 is 4.90 Å².